The van der Waals surface area contributed by atoms with Gasteiger partial charge in [0.1, 0.15) is 12.1 Å². The van der Waals surface area contributed by atoms with E-state index in [0.29, 0.717) is 6.04 Å². The molecule has 1 fully saturated rings. The van der Waals surface area contributed by atoms with Gasteiger partial charge in [0, 0.05) is 49.8 Å². The zero-order chi connectivity index (χ0) is 15.4. The summed E-state index contributed by atoms with van der Waals surface area (Å²) in [4.78, 5) is 19.6. The van der Waals surface area contributed by atoms with E-state index >= 15 is 0 Å². The van der Waals surface area contributed by atoms with Crippen LogP contribution >= 0.6 is 0 Å². The number of rotatable bonds is 4. The standard InChI is InChI=1S/C16H22N6/c1-12-9-16(20-11-19-12)21-14-3-7-22(8-4-14)10-15-13(2)17-5-6-18-15/h5-6,9,11,14H,3-4,7-8,10H2,1-2H3,(H,19,20,21). The molecule has 0 saturated carbocycles. The third kappa shape index (κ3) is 3.76. The van der Waals surface area contributed by atoms with E-state index in [-0.39, 0.29) is 0 Å². The molecule has 1 saturated heterocycles. The maximum atomic E-state index is 4.43. The number of aromatic nitrogens is 4. The predicted molar refractivity (Wildman–Crippen MR) is 85.5 cm³/mol. The number of piperidine rings is 1. The summed E-state index contributed by atoms with van der Waals surface area (Å²) in [6.07, 6.45) is 7.36. The van der Waals surface area contributed by atoms with Crippen LogP contribution in [0.2, 0.25) is 0 Å². The quantitative estimate of drug-likeness (QED) is 0.930. The van der Waals surface area contributed by atoms with Crippen molar-refractivity contribution >= 4 is 5.82 Å². The summed E-state index contributed by atoms with van der Waals surface area (Å²) in [6.45, 7) is 7.03. The molecule has 0 radical (unpaired) electrons. The summed E-state index contributed by atoms with van der Waals surface area (Å²) in [6, 6.07) is 2.48. The van der Waals surface area contributed by atoms with Crippen molar-refractivity contribution in [3.8, 4) is 0 Å². The highest BCUT2D eigenvalue weighted by molar-refractivity contribution is 5.35. The van der Waals surface area contributed by atoms with Crippen molar-refractivity contribution in [2.75, 3.05) is 18.4 Å². The normalized spacial score (nSPS) is 16.6. The average Bonchev–Trinajstić information content (AvgIpc) is 2.52. The van der Waals surface area contributed by atoms with Crippen molar-refractivity contribution < 1.29 is 0 Å². The monoisotopic (exact) mass is 298 g/mol. The van der Waals surface area contributed by atoms with Gasteiger partial charge in [0.15, 0.2) is 0 Å². The minimum Gasteiger partial charge on any atom is -0.367 e. The fourth-order valence-electron chi connectivity index (χ4n) is 2.78. The molecule has 1 aliphatic rings. The lowest BCUT2D eigenvalue weighted by Crippen LogP contribution is -2.39. The van der Waals surface area contributed by atoms with Crippen LogP contribution in [0, 0.1) is 13.8 Å². The first-order chi connectivity index (χ1) is 10.7. The number of nitrogens with one attached hydrogen (secondary N) is 1. The Labute approximate surface area is 131 Å². The first-order valence-electron chi connectivity index (χ1n) is 7.75. The van der Waals surface area contributed by atoms with E-state index in [0.717, 1.165) is 55.4 Å². The highest BCUT2D eigenvalue weighted by atomic mass is 15.2. The van der Waals surface area contributed by atoms with Gasteiger partial charge in [-0.05, 0) is 26.7 Å². The molecular formula is C16H22N6. The van der Waals surface area contributed by atoms with Crippen LogP contribution in [0.3, 0.4) is 0 Å². The summed E-state index contributed by atoms with van der Waals surface area (Å²) in [7, 11) is 0. The third-order valence-electron chi connectivity index (χ3n) is 4.10. The highest BCUT2D eigenvalue weighted by Gasteiger charge is 2.20. The van der Waals surface area contributed by atoms with Crippen LogP contribution in [-0.2, 0) is 6.54 Å². The minimum absolute atomic E-state index is 0.480. The molecule has 1 N–H and O–H groups in total. The van der Waals surface area contributed by atoms with Gasteiger partial charge in [-0.15, -0.1) is 0 Å². The van der Waals surface area contributed by atoms with Crippen molar-refractivity contribution in [2.24, 2.45) is 0 Å². The minimum atomic E-state index is 0.480. The molecule has 1 aliphatic heterocycles. The van der Waals surface area contributed by atoms with Gasteiger partial charge in [-0.25, -0.2) is 9.97 Å². The Bertz CT molecular complexity index is 622. The zero-order valence-electron chi connectivity index (χ0n) is 13.2. The molecule has 0 spiro atoms. The van der Waals surface area contributed by atoms with Gasteiger partial charge in [-0.1, -0.05) is 0 Å². The Morgan fingerprint density at radius 3 is 2.59 bits per heavy atom. The molecule has 6 nitrogen and oxygen atoms in total. The summed E-state index contributed by atoms with van der Waals surface area (Å²) in [5, 5.41) is 3.51. The number of likely N-dealkylation sites (tertiary alicyclic amines) is 1. The van der Waals surface area contributed by atoms with Gasteiger partial charge in [0.25, 0.3) is 0 Å². The lowest BCUT2D eigenvalue weighted by molar-refractivity contribution is 0.208. The average molecular weight is 298 g/mol. The molecule has 0 atom stereocenters. The van der Waals surface area contributed by atoms with Gasteiger partial charge in [0.05, 0.1) is 11.4 Å². The number of hydrogen-bond donors (Lipinski definition) is 1. The first kappa shape index (κ1) is 14.8. The van der Waals surface area contributed by atoms with E-state index < -0.39 is 0 Å². The highest BCUT2D eigenvalue weighted by Crippen LogP contribution is 2.17. The number of aryl methyl sites for hydroxylation is 2. The largest absolute Gasteiger partial charge is 0.367 e. The molecule has 0 amide bonds. The lowest BCUT2D eigenvalue weighted by Gasteiger charge is -2.32. The summed E-state index contributed by atoms with van der Waals surface area (Å²) >= 11 is 0. The van der Waals surface area contributed by atoms with Crippen molar-refractivity contribution in [3.05, 3.63) is 41.9 Å². The van der Waals surface area contributed by atoms with Crippen LogP contribution in [-0.4, -0.2) is 44.0 Å². The van der Waals surface area contributed by atoms with Gasteiger partial charge in [0.2, 0.25) is 0 Å². The molecule has 0 bridgehead atoms. The summed E-state index contributed by atoms with van der Waals surface area (Å²) in [5.74, 6) is 0.927. The van der Waals surface area contributed by atoms with Crippen LogP contribution < -0.4 is 5.32 Å². The molecule has 116 valence electrons. The number of nitrogens with zero attached hydrogens (tertiary/aromatic N) is 5. The van der Waals surface area contributed by atoms with E-state index in [1.54, 1.807) is 18.7 Å². The van der Waals surface area contributed by atoms with E-state index in [4.69, 9.17) is 0 Å². The third-order valence-corrected chi connectivity index (χ3v) is 4.10. The van der Waals surface area contributed by atoms with E-state index in [1.165, 1.54) is 0 Å². The molecule has 2 aromatic rings. The lowest BCUT2D eigenvalue weighted by atomic mass is 10.0. The molecule has 6 heteroatoms. The Morgan fingerprint density at radius 1 is 1.09 bits per heavy atom. The smallest absolute Gasteiger partial charge is 0.129 e. The van der Waals surface area contributed by atoms with Crippen molar-refractivity contribution in [2.45, 2.75) is 39.3 Å². The Balaban J connectivity index is 1.51. The topological polar surface area (TPSA) is 66.8 Å². The van der Waals surface area contributed by atoms with Crippen LogP contribution in [0.25, 0.3) is 0 Å². The van der Waals surface area contributed by atoms with E-state index in [2.05, 4.69) is 30.2 Å². The molecule has 0 unspecified atom stereocenters. The molecule has 0 aromatic carbocycles. The van der Waals surface area contributed by atoms with Crippen LogP contribution in [0.15, 0.2) is 24.8 Å². The Hall–Kier alpha value is -2.08. The van der Waals surface area contributed by atoms with E-state index in [1.807, 2.05) is 19.9 Å². The fraction of sp³-hybridized carbons (Fsp3) is 0.500. The van der Waals surface area contributed by atoms with Gasteiger partial charge < -0.3 is 5.32 Å². The first-order valence-corrected chi connectivity index (χ1v) is 7.75. The molecule has 22 heavy (non-hydrogen) atoms. The maximum Gasteiger partial charge on any atom is 0.129 e. The van der Waals surface area contributed by atoms with Crippen LogP contribution in [0.1, 0.15) is 29.9 Å². The SMILES string of the molecule is Cc1cc(NC2CCN(Cc3nccnc3C)CC2)ncn1. The van der Waals surface area contributed by atoms with Crippen molar-refractivity contribution in [1.29, 1.82) is 0 Å². The molecule has 0 aliphatic carbocycles. The van der Waals surface area contributed by atoms with E-state index in [9.17, 15) is 0 Å². The van der Waals surface area contributed by atoms with Gasteiger partial charge in [-0.2, -0.15) is 0 Å². The second-order valence-corrected chi connectivity index (χ2v) is 5.83. The molecule has 2 aromatic heterocycles. The van der Waals surface area contributed by atoms with Gasteiger partial charge in [-0.3, -0.25) is 14.9 Å². The molecule has 3 heterocycles. The molecular weight excluding hydrogens is 276 g/mol. The number of hydrogen-bond acceptors (Lipinski definition) is 6. The zero-order valence-corrected chi connectivity index (χ0v) is 13.2. The summed E-state index contributed by atoms with van der Waals surface area (Å²) in [5.41, 5.74) is 3.10. The predicted octanol–water partition coefficient (Wildman–Crippen LogP) is 1.96. The van der Waals surface area contributed by atoms with Crippen LogP contribution in [0.5, 0.6) is 0 Å². The maximum absolute atomic E-state index is 4.43. The molecule has 3 rings (SSSR count). The summed E-state index contributed by atoms with van der Waals surface area (Å²) < 4.78 is 0. The Kier molecular flexibility index (Phi) is 4.58. The van der Waals surface area contributed by atoms with Crippen molar-refractivity contribution in [1.82, 2.24) is 24.8 Å². The van der Waals surface area contributed by atoms with Crippen molar-refractivity contribution in [3.63, 3.8) is 0 Å². The fourth-order valence-corrected chi connectivity index (χ4v) is 2.78. The second kappa shape index (κ2) is 6.79. The van der Waals surface area contributed by atoms with Gasteiger partial charge >= 0.3 is 0 Å². The second-order valence-electron chi connectivity index (χ2n) is 5.83. The number of anilines is 1. The Morgan fingerprint density at radius 2 is 1.86 bits per heavy atom. The van der Waals surface area contributed by atoms with Crippen LogP contribution in [0.4, 0.5) is 5.82 Å².